The largest absolute Gasteiger partial charge is 0.462 e. The summed E-state index contributed by atoms with van der Waals surface area (Å²) in [6.07, 6.45) is 6.23. The summed E-state index contributed by atoms with van der Waals surface area (Å²) in [7, 11) is 0. The summed E-state index contributed by atoms with van der Waals surface area (Å²) in [6.45, 7) is 4.88. The Morgan fingerprint density at radius 3 is 2.83 bits per heavy atom. The molecule has 7 nitrogen and oxygen atoms in total. The fraction of sp³-hybridized carbons (Fsp3) is 0.545. The molecule has 3 aliphatic heterocycles. The molecule has 154 valence electrons. The first-order valence-electron chi connectivity index (χ1n) is 10.2. The molecule has 0 aromatic heterocycles. The molecule has 0 N–H and O–H groups in total. The number of esters is 2. The first kappa shape index (κ1) is 18.5. The lowest BCUT2D eigenvalue weighted by atomic mass is 9.73. The third-order valence-electron chi connectivity index (χ3n) is 6.47. The highest BCUT2D eigenvalue weighted by Gasteiger charge is 2.52. The number of ether oxygens (including phenoxy) is 4. The minimum absolute atomic E-state index is 0.113. The second-order valence-corrected chi connectivity index (χ2v) is 8.16. The van der Waals surface area contributed by atoms with Gasteiger partial charge in [-0.1, -0.05) is 6.08 Å². The van der Waals surface area contributed by atoms with Gasteiger partial charge in [-0.2, -0.15) is 0 Å². The van der Waals surface area contributed by atoms with Crippen molar-refractivity contribution in [2.24, 2.45) is 0 Å². The molecular formula is C22H25NO6. The first-order chi connectivity index (χ1) is 14.0. The van der Waals surface area contributed by atoms with Crippen LogP contribution in [0.4, 0.5) is 0 Å². The number of nitrogens with zero attached hydrogens (tertiary/aromatic N) is 1. The van der Waals surface area contributed by atoms with E-state index in [0.29, 0.717) is 23.7 Å². The van der Waals surface area contributed by atoms with Gasteiger partial charge in [-0.3, -0.25) is 14.5 Å². The van der Waals surface area contributed by atoms with Crippen LogP contribution in [-0.2, 0) is 26.3 Å². The Morgan fingerprint density at radius 1 is 1.17 bits per heavy atom. The first-order valence-corrected chi connectivity index (χ1v) is 10.2. The molecule has 1 fully saturated rings. The molecule has 0 radical (unpaired) electrons. The van der Waals surface area contributed by atoms with Gasteiger partial charge in [0.25, 0.3) is 0 Å². The van der Waals surface area contributed by atoms with Crippen LogP contribution in [0.1, 0.15) is 50.7 Å². The summed E-state index contributed by atoms with van der Waals surface area (Å²) >= 11 is 0. The van der Waals surface area contributed by atoms with Crippen LogP contribution in [-0.4, -0.2) is 42.8 Å². The SMILES string of the molecule is CC(=O)Oc1c2c(cc3c1OCO3)[C@]13C[C@@H](OC(C)=O)CC=C1CCN3CCC2. The highest BCUT2D eigenvalue weighted by Crippen LogP contribution is 2.57. The molecule has 29 heavy (non-hydrogen) atoms. The van der Waals surface area contributed by atoms with E-state index in [-0.39, 0.29) is 30.4 Å². The van der Waals surface area contributed by atoms with Gasteiger partial charge in [0.2, 0.25) is 12.5 Å². The molecule has 2 atom stereocenters. The third kappa shape index (κ3) is 2.82. The molecule has 1 spiro atoms. The molecule has 3 heterocycles. The summed E-state index contributed by atoms with van der Waals surface area (Å²) in [6, 6.07) is 2.05. The van der Waals surface area contributed by atoms with Crippen LogP contribution in [0.5, 0.6) is 17.2 Å². The number of benzene rings is 1. The Kier molecular flexibility index (Phi) is 4.31. The van der Waals surface area contributed by atoms with Crippen molar-refractivity contribution in [3.8, 4) is 17.2 Å². The van der Waals surface area contributed by atoms with E-state index in [1.165, 1.54) is 19.4 Å². The van der Waals surface area contributed by atoms with Crippen LogP contribution in [0.2, 0.25) is 0 Å². The molecule has 7 heteroatoms. The van der Waals surface area contributed by atoms with E-state index >= 15 is 0 Å². The maximum atomic E-state index is 11.9. The van der Waals surface area contributed by atoms with Crippen LogP contribution in [0.25, 0.3) is 0 Å². The molecule has 0 saturated carbocycles. The van der Waals surface area contributed by atoms with Crippen molar-refractivity contribution >= 4 is 11.9 Å². The maximum absolute atomic E-state index is 11.9. The van der Waals surface area contributed by atoms with Gasteiger partial charge < -0.3 is 18.9 Å². The van der Waals surface area contributed by atoms with Crippen LogP contribution < -0.4 is 14.2 Å². The molecule has 5 rings (SSSR count). The van der Waals surface area contributed by atoms with Gasteiger partial charge in [0.05, 0.1) is 5.54 Å². The highest BCUT2D eigenvalue weighted by molar-refractivity contribution is 5.74. The van der Waals surface area contributed by atoms with E-state index in [1.807, 2.05) is 0 Å². The van der Waals surface area contributed by atoms with Crippen LogP contribution in [0, 0.1) is 0 Å². The second-order valence-electron chi connectivity index (χ2n) is 8.16. The molecule has 1 aliphatic carbocycles. The smallest absolute Gasteiger partial charge is 0.308 e. The molecular weight excluding hydrogens is 374 g/mol. The molecule has 0 unspecified atom stereocenters. The van der Waals surface area contributed by atoms with Crippen molar-refractivity contribution in [1.82, 2.24) is 4.90 Å². The molecule has 4 aliphatic rings. The summed E-state index contributed by atoms with van der Waals surface area (Å²) in [5, 5.41) is 0. The molecule has 1 aromatic carbocycles. The van der Waals surface area contributed by atoms with Gasteiger partial charge in [-0.15, -0.1) is 0 Å². The average molecular weight is 399 g/mol. The zero-order chi connectivity index (χ0) is 20.2. The number of fused-ring (bicyclic) bond motifs is 2. The van der Waals surface area contributed by atoms with Crippen molar-refractivity contribution in [2.45, 2.75) is 57.6 Å². The Morgan fingerprint density at radius 2 is 2.03 bits per heavy atom. The van der Waals surface area contributed by atoms with Gasteiger partial charge in [0, 0.05) is 38.8 Å². The Labute approximate surface area is 169 Å². The third-order valence-corrected chi connectivity index (χ3v) is 6.47. The predicted molar refractivity (Wildman–Crippen MR) is 103 cm³/mol. The zero-order valence-corrected chi connectivity index (χ0v) is 16.8. The summed E-state index contributed by atoms with van der Waals surface area (Å²) in [5.74, 6) is 0.975. The standard InChI is InChI=1S/C22H25NO6/c1-13(24)28-16-6-5-15-7-9-23-8-3-4-17-18(22(15,23)11-16)10-19-21(27-12-26-19)20(17)29-14(2)25/h5,10,16H,3-4,6-9,11-12H2,1-2H3/t16-,22-/m0/s1. The van der Waals surface area contributed by atoms with E-state index < -0.39 is 0 Å². The predicted octanol–water partition coefficient (Wildman–Crippen LogP) is 2.84. The van der Waals surface area contributed by atoms with E-state index in [4.69, 9.17) is 18.9 Å². The molecule has 1 aromatic rings. The molecule has 0 amide bonds. The normalized spacial score (nSPS) is 27.2. The molecule has 0 bridgehead atoms. The lowest BCUT2D eigenvalue weighted by molar-refractivity contribution is -0.148. The van der Waals surface area contributed by atoms with E-state index in [0.717, 1.165) is 49.9 Å². The van der Waals surface area contributed by atoms with Gasteiger partial charge in [-0.05, 0) is 43.0 Å². The second kappa shape index (κ2) is 6.76. The number of carbonyl (C=O) groups is 2. The van der Waals surface area contributed by atoms with E-state index in [2.05, 4.69) is 17.0 Å². The maximum Gasteiger partial charge on any atom is 0.308 e. The van der Waals surface area contributed by atoms with E-state index in [1.54, 1.807) is 0 Å². The summed E-state index contributed by atoms with van der Waals surface area (Å²) < 4.78 is 22.7. The topological polar surface area (TPSA) is 74.3 Å². The quantitative estimate of drug-likeness (QED) is 0.430. The van der Waals surface area contributed by atoms with Crippen molar-refractivity contribution in [3.63, 3.8) is 0 Å². The fourth-order valence-corrected chi connectivity index (χ4v) is 5.52. The highest BCUT2D eigenvalue weighted by atomic mass is 16.7. The minimum atomic E-state index is -0.377. The molecule has 1 saturated heterocycles. The summed E-state index contributed by atoms with van der Waals surface area (Å²) in [4.78, 5) is 26.0. The monoisotopic (exact) mass is 399 g/mol. The zero-order valence-electron chi connectivity index (χ0n) is 16.8. The van der Waals surface area contributed by atoms with Gasteiger partial charge in [0.15, 0.2) is 11.5 Å². The number of hydrogen-bond donors (Lipinski definition) is 0. The number of hydrogen-bond acceptors (Lipinski definition) is 7. The number of rotatable bonds is 2. The van der Waals surface area contributed by atoms with Crippen molar-refractivity contribution < 1.29 is 28.5 Å². The Balaban J connectivity index is 1.71. The summed E-state index contributed by atoms with van der Waals surface area (Å²) in [5.41, 5.74) is 3.09. The van der Waals surface area contributed by atoms with Gasteiger partial charge >= 0.3 is 11.9 Å². The van der Waals surface area contributed by atoms with Crippen LogP contribution in [0.15, 0.2) is 17.7 Å². The van der Waals surface area contributed by atoms with E-state index in [9.17, 15) is 9.59 Å². The lowest BCUT2D eigenvalue weighted by Gasteiger charge is -2.44. The van der Waals surface area contributed by atoms with Crippen molar-refractivity contribution in [2.75, 3.05) is 19.9 Å². The van der Waals surface area contributed by atoms with Crippen molar-refractivity contribution in [1.29, 1.82) is 0 Å². The minimum Gasteiger partial charge on any atom is -0.462 e. The Bertz CT molecular complexity index is 922. The van der Waals surface area contributed by atoms with Crippen molar-refractivity contribution in [3.05, 3.63) is 28.8 Å². The van der Waals surface area contributed by atoms with Crippen LogP contribution in [0.3, 0.4) is 0 Å². The fourth-order valence-electron chi connectivity index (χ4n) is 5.52. The van der Waals surface area contributed by atoms with Gasteiger partial charge in [0.1, 0.15) is 6.10 Å². The average Bonchev–Trinajstić information content (AvgIpc) is 3.24. The number of carbonyl (C=O) groups excluding carboxylic acids is 2. The van der Waals surface area contributed by atoms with Crippen LogP contribution >= 0.6 is 0 Å². The lowest BCUT2D eigenvalue weighted by Crippen LogP contribution is -2.47. The van der Waals surface area contributed by atoms with Gasteiger partial charge in [-0.25, -0.2) is 0 Å². The Hall–Kier alpha value is -2.54.